The second kappa shape index (κ2) is 9.34. The van der Waals surface area contributed by atoms with Crippen molar-refractivity contribution in [3.63, 3.8) is 0 Å². The minimum Gasteiger partial charge on any atom is -0.493 e. The molecule has 162 valence electrons. The van der Waals surface area contributed by atoms with Gasteiger partial charge in [0.2, 0.25) is 5.91 Å². The van der Waals surface area contributed by atoms with Crippen molar-refractivity contribution in [1.29, 1.82) is 0 Å². The summed E-state index contributed by atoms with van der Waals surface area (Å²) in [7, 11) is 3.16. The molecule has 0 unspecified atom stereocenters. The number of hydrogen-bond acceptors (Lipinski definition) is 6. The molecule has 1 amide bonds. The highest BCUT2D eigenvalue weighted by atomic mass is 32.1. The van der Waals surface area contributed by atoms with Crippen molar-refractivity contribution in [3.05, 3.63) is 53.9 Å². The predicted octanol–water partition coefficient (Wildman–Crippen LogP) is 4.54. The Balaban J connectivity index is 1.32. The number of likely N-dealkylation sites (tertiary alicyclic amines) is 1. The molecular formula is C23H23FN2O4S. The number of halogens is 1. The first kappa shape index (κ1) is 21.1. The lowest BCUT2D eigenvalue weighted by atomic mass is 10.1. The Bertz CT molecular complexity index is 1110. The largest absolute Gasteiger partial charge is 0.493 e. The van der Waals surface area contributed by atoms with Gasteiger partial charge in [-0.05, 0) is 35.9 Å². The zero-order chi connectivity index (χ0) is 21.8. The molecule has 1 saturated heterocycles. The van der Waals surface area contributed by atoms with Crippen molar-refractivity contribution >= 4 is 33.5 Å². The number of amides is 1. The Morgan fingerprint density at radius 3 is 2.65 bits per heavy atom. The molecule has 0 radical (unpaired) electrons. The number of rotatable bonds is 6. The van der Waals surface area contributed by atoms with E-state index in [1.807, 2.05) is 18.2 Å². The van der Waals surface area contributed by atoms with E-state index in [4.69, 9.17) is 14.2 Å². The van der Waals surface area contributed by atoms with Crippen molar-refractivity contribution in [2.45, 2.75) is 18.9 Å². The van der Waals surface area contributed by atoms with Crippen LogP contribution in [0.5, 0.6) is 16.7 Å². The molecule has 6 nitrogen and oxygen atoms in total. The van der Waals surface area contributed by atoms with E-state index >= 15 is 0 Å². The number of benzene rings is 2. The molecule has 0 bridgehead atoms. The fraction of sp³-hybridized carbons (Fsp3) is 0.304. The number of carbonyl (C=O) groups excluding carboxylic acids is 1. The summed E-state index contributed by atoms with van der Waals surface area (Å²) in [6.07, 6.45) is 4.70. The fourth-order valence-electron chi connectivity index (χ4n) is 3.51. The Kier molecular flexibility index (Phi) is 6.36. The molecule has 2 heterocycles. The molecule has 1 aromatic heterocycles. The lowest BCUT2D eigenvalue weighted by molar-refractivity contribution is -0.127. The number of thiazole rings is 1. The molecule has 4 rings (SSSR count). The first-order chi connectivity index (χ1) is 15.1. The molecule has 0 saturated carbocycles. The van der Waals surface area contributed by atoms with Gasteiger partial charge in [0.05, 0.1) is 18.9 Å². The van der Waals surface area contributed by atoms with E-state index < -0.39 is 0 Å². The van der Waals surface area contributed by atoms with Crippen LogP contribution in [0.15, 0.2) is 42.5 Å². The number of hydrogen-bond donors (Lipinski definition) is 0. The van der Waals surface area contributed by atoms with Gasteiger partial charge in [-0.15, -0.1) is 0 Å². The van der Waals surface area contributed by atoms with Gasteiger partial charge in [0.1, 0.15) is 17.4 Å². The van der Waals surface area contributed by atoms with Gasteiger partial charge >= 0.3 is 0 Å². The van der Waals surface area contributed by atoms with Crippen molar-refractivity contribution < 1.29 is 23.4 Å². The monoisotopic (exact) mass is 442 g/mol. The second-order valence-corrected chi connectivity index (χ2v) is 8.15. The first-order valence-electron chi connectivity index (χ1n) is 9.98. The van der Waals surface area contributed by atoms with Crippen LogP contribution in [0.1, 0.15) is 18.4 Å². The Hall–Kier alpha value is -3.13. The van der Waals surface area contributed by atoms with Crippen LogP contribution in [0.2, 0.25) is 0 Å². The summed E-state index contributed by atoms with van der Waals surface area (Å²) < 4.78 is 31.1. The highest BCUT2D eigenvalue weighted by molar-refractivity contribution is 7.20. The molecule has 0 spiro atoms. The van der Waals surface area contributed by atoms with Crippen molar-refractivity contribution in [3.8, 4) is 16.7 Å². The maximum Gasteiger partial charge on any atom is 0.274 e. The normalized spacial score (nSPS) is 14.9. The molecule has 1 aliphatic rings. The maximum atomic E-state index is 13.8. The van der Waals surface area contributed by atoms with Crippen molar-refractivity contribution in [2.24, 2.45) is 0 Å². The zero-order valence-corrected chi connectivity index (χ0v) is 18.2. The highest BCUT2D eigenvalue weighted by Crippen LogP contribution is 2.31. The molecule has 1 fully saturated rings. The maximum absolute atomic E-state index is 13.8. The summed E-state index contributed by atoms with van der Waals surface area (Å²) in [5.41, 5.74) is 1.20. The molecule has 0 atom stereocenters. The lowest BCUT2D eigenvalue weighted by Crippen LogP contribution is -2.41. The topological polar surface area (TPSA) is 60.9 Å². The van der Waals surface area contributed by atoms with E-state index in [1.165, 1.54) is 17.4 Å². The van der Waals surface area contributed by atoms with Gasteiger partial charge in [0, 0.05) is 32.0 Å². The van der Waals surface area contributed by atoms with E-state index in [9.17, 15) is 9.18 Å². The Morgan fingerprint density at radius 1 is 1.16 bits per heavy atom. The minimum absolute atomic E-state index is 0.0393. The summed E-state index contributed by atoms with van der Waals surface area (Å²) >= 11 is 1.34. The quantitative estimate of drug-likeness (QED) is 0.525. The van der Waals surface area contributed by atoms with Crippen LogP contribution in [-0.2, 0) is 4.79 Å². The minimum atomic E-state index is -0.342. The van der Waals surface area contributed by atoms with E-state index in [0.717, 1.165) is 10.3 Å². The fourth-order valence-corrected chi connectivity index (χ4v) is 4.41. The van der Waals surface area contributed by atoms with Crippen LogP contribution in [-0.4, -0.2) is 49.2 Å². The average Bonchev–Trinajstić information content (AvgIpc) is 3.21. The van der Waals surface area contributed by atoms with Crippen molar-refractivity contribution in [2.75, 3.05) is 27.3 Å². The first-order valence-corrected chi connectivity index (χ1v) is 10.8. The van der Waals surface area contributed by atoms with Gasteiger partial charge in [-0.25, -0.2) is 4.39 Å². The number of carbonyl (C=O) groups is 1. The standard InChI is InChI=1S/C23H23FN2O4S/c1-28-18-8-6-15(14-19(18)29-2)7-9-21(27)26-12-10-16(11-13-26)30-23-25-22-17(24)4-3-5-20(22)31-23/h3-9,14,16H,10-13H2,1-2H3/b9-7+. The van der Waals surface area contributed by atoms with E-state index in [1.54, 1.807) is 43.4 Å². The van der Waals surface area contributed by atoms with Crippen LogP contribution in [0.25, 0.3) is 16.3 Å². The van der Waals surface area contributed by atoms with Gasteiger partial charge in [0.25, 0.3) is 5.19 Å². The molecule has 2 aromatic carbocycles. The highest BCUT2D eigenvalue weighted by Gasteiger charge is 2.24. The van der Waals surface area contributed by atoms with E-state index in [2.05, 4.69) is 4.98 Å². The van der Waals surface area contributed by atoms with Gasteiger partial charge in [-0.2, -0.15) is 4.98 Å². The summed E-state index contributed by atoms with van der Waals surface area (Å²) in [5.74, 6) is 0.870. The van der Waals surface area contributed by atoms with Gasteiger partial charge in [0.15, 0.2) is 11.5 Å². The van der Waals surface area contributed by atoms with E-state index in [-0.39, 0.29) is 17.8 Å². The Labute approximate surface area is 183 Å². The molecule has 31 heavy (non-hydrogen) atoms. The third-order valence-corrected chi connectivity index (χ3v) is 6.11. The number of nitrogens with zero attached hydrogens (tertiary/aromatic N) is 2. The molecule has 3 aromatic rings. The molecule has 8 heteroatoms. The van der Waals surface area contributed by atoms with Crippen LogP contribution in [0.4, 0.5) is 4.39 Å². The lowest BCUT2D eigenvalue weighted by Gasteiger charge is -2.30. The number of fused-ring (bicyclic) bond motifs is 1. The predicted molar refractivity (Wildman–Crippen MR) is 118 cm³/mol. The van der Waals surface area contributed by atoms with Gasteiger partial charge in [-0.3, -0.25) is 4.79 Å². The molecule has 0 N–H and O–H groups in total. The summed E-state index contributed by atoms with van der Waals surface area (Å²) in [5, 5.41) is 0.471. The third kappa shape index (κ3) is 4.80. The summed E-state index contributed by atoms with van der Waals surface area (Å²) in [4.78, 5) is 18.6. The van der Waals surface area contributed by atoms with E-state index in [0.29, 0.717) is 48.1 Å². The van der Waals surface area contributed by atoms with Crippen LogP contribution >= 0.6 is 11.3 Å². The zero-order valence-electron chi connectivity index (χ0n) is 17.3. The molecular weight excluding hydrogens is 419 g/mol. The summed E-state index contributed by atoms with van der Waals surface area (Å²) in [6.45, 7) is 1.19. The number of para-hydroxylation sites is 1. The van der Waals surface area contributed by atoms with Crippen molar-refractivity contribution in [1.82, 2.24) is 9.88 Å². The SMILES string of the molecule is COc1ccc(/C=C/C(=O)N2CCC(Oc3nc4c(F)cccc4s3)CC2)cc1OC. The Morgan fingerprint density at radius 2 is 1.94 bits per heavy atom. The number of piperidine rings is 1. The van der Waals surface area contributed by atoms with Crippen LogP contribution in [0, 0.1) is 5.82 Å². The summed E-state index contributed by atoms with van der Waals surface area (Å²) in [6, 6.07) is 10.4. The smallest absolute Gasteiger partial charge is 0.274 e. The van der Waals surface area contributed by atoms with Crippen LogP contribution in [0.3, 0.4) is 0 Å². The number of ether oxygens (including phenoxy) is 3. The number of methoxy groups -OCH3 is 2. The molecule has 0 aliphatic carbocycles. The third-order valence-electron chi connectivity index (χ3n) is 5.20. The second-order valence-electron chi connectivity index (χ2n) is 7.16. The van der Waals surface area contributed by atoms with Crippen LogP contribution < -0.4 is 14.2 Å². The number of aromatic nitrogens is 1. The molecule has 1 aliphatic heterocycles. The van der Waals surface area contributed by atoms with Gasteiger partial charge in [-0.1, -0.05) is 23.5 Å². The average molecular weight is 443 g/mol. The van der Waals surface area contributed by atoms with Gasteiger partial charge < -0.3 is 19.1 Å².